The second-order valence-electron chi connectivity index (χ2n) is 4.10. The van der Waals surface area contributed by atoms with Gasteiger partial charge in [-0.05, 0) is 23.8 Å². The quantitative estimate of drug-likeness (QED) is 0.719. The summed E-state index contributed by atoms with van der Waals surface area (Å²) >= 11 is 0. The topological polar surface area (TPSA) is 33.4 Å². The molecule has 1 aromatic heterocycles. The minimum atomic E-state index is 0.234. The molecule has 0 fully saturated rings. The Hall–Kier alpha value is -2.22. The van der Waals surface area contributed by atoms with Crippen LogP contribution in [0.1, 0.15) is 11.3 Å². The predicted octanol–water partition coefficient (Wildman–Crippen LogP) is 3.73. The lowest BCUT2D eigenvalue weighted by Gasteiger charge is -1.96. The second-order valence-corrected chi connectivity index (χ2v) is 4.10. The monoisotopic (exact) mass is 224 g/mol. The maximum atomic E-state index is 9.37. The van der Waals surface area contributed by atoms with E-state index in [2.05, 4.69) is 12.1 Å². The zero-order valence-corrected chi connectivity index (χ0v) is 9.26. The highest BCUT2D eigenvalue weighted by Crippen LogP contribution is 2.24. The van der Waals surface area contributed by atoms with Gasteiger partial charge >= 0.3 is 0 Å². The Morgan fingerprint density at radius 3 is 2.59 bits per heavy atom. The summed E-state index contributed by atoms with van der Waals surface area (Å²) in [6.07, 6.45) is 0.774. The van der Waals surface area contributed by atoms with Gasteiger partial charge in [-0.25, -0.2) is 0 Å². The Bertz CT molecular complexity index is 638. The van der Waals surface area contributed by atoms with E-state index in [1.807, 2.05) is 30.3 Å². The van der Waals surface area contributed by atoms with Crippen LogP contribution in [0.2, 0.25) is 0 Å². The molecule has 1 N–H and O–H groups in total. The van der Waals surface area contributed by atoms with Crippen molar-refractivity contribution in [3.05, 3.63) is 65.9 Å². The maximum absolute atomic E-state index is 9.37. The van der Waals surface area contributed by atoms with Crippen molar-refractivity contribution in [2.75, 3.05) is 0 Å². The number of furan rings is 1. The number of benzene rings is 2. The van der Waals surface area contributed by atoms with E-state index < -0.39 is 0 Å². The average molecular weight is 224 g/mol. The Balaban J connectivity index is 1.96. The van der Waals surface area contributed by atoms with Crippen molar-refractivity contribution in [2.24, 2.45) is 0 Å². The highest BCUT2D eigenvalue weighted by atomic mass is 16.3. The van der Waals surface area contributed by atoms with Crippen LogP contribution in [0.25, 0.3) is 11.0 Å². The number of fused-ring (bicyclic) bond motifs is 1. The number of rotatable bonds is 2. The van der Waals surface area contributed by atoms with Crippen molar-refractivity contribution in [1.82, 2.24) is 0 Å². The molecule has 0 radical (unpaired) electrons. The van der Waals surface area contributed by atoms with Crippen molar-refractivity contribution in [1.29, 1.82) is 0 Å². The van der Waals surface area contributed by atoms with Crippen LogP contribution >= 0.6 is 0 Å². The van der Waals surface area contributed by atoms with Crippen LogP contribution in [-0.4, -0.2) is 5.11 Å². The Morgan fingerprint density at radius 2 is 1.76 bits per heavy atom. The van der Waals surface area contributed by atoms with Gasteiger partial charge in [0.15, 0.2) is 0 Å². The van der Waals surface area contributed by atoms with Crippen LogP contribution in [0.15, 0.2) is 59.0 Å². The third-order valence-corrected chi connectivity index (χ3v) is 2.78. The predicted molar refractivity (Wildman–Crippen MR) is 67.1 cm³/mol. The van der Waals surface area contributed by atoms with E-state index in [1.165, 1.54) is 5.56 Å². The first-order valence-corrected chi connectivity index (χ1v) is 5.57. The molecule has 0 saturated heterocycles. The Labute approximate surface area is 99.1 Å². The molecule has 2 heteroatoms. The van der Waals surface area contributed by atoms with E-state index in [1.54, 1.807) is 12.1 Å². The molecular weight excluding hydrogens is 212 g/mol. The molecular formula is C15H12O2. The smallest absolute Gasteiger partial charge is 0.137 e. The van der Waals surface area contributed by atoms with E-state index in [-0.39, 0.29) is 5.75 Å². The van der Waals surface area contributed by atoms with Crippen LogP contribution in [0.3, 0.4) is 0 Å². The zero-order chi connectivity index (χ0) is 11.7. The van der Waals surface area contributed by atoms with Gasteiger partial charge in [-0.2, -0.15) is 0 Å². The summed E-state index contributed by atoms with van der Waals surface area (Å²) in [5.41, 5.74) is 1.95. The highest BCUT2D eigenvalue weighted by molar-refractivity contribution is 5.79. The minimum Gasteiger partial charge on any atom is -0.508 e. The van der Waals surface area contributed by atoms with E-state index >= 15 is 0 Å². The van der Waals surface area contributed by atoms with Gasteiger partial charge in [-0.1, -0.05) is 30.3 Å². The molecule has 1 heterocycles. The van der Waals surface area contributed by atoms with E-state index in [0.717, 1.165) is 23.2 Å². The van der Waals surface area contributed by atoms with Gasteiger partial charge < -0.3 is 9.52 Å². The standard InChI is InChI=1S/C15H12O2/c16-13-7-6-12-9-14(17-15(12)10-13)8-11-4-2-1-3-5-11/h1-7,9-10,16H,8H2. The third-order valence-electron chi connectivity index (χ3n) is 2.78. The molecule has 0 aliphatic carbocycles. The summed E-state index contributed by atoms with van der Waals surface area (Å²) in [5, 5.41) is 10.4. The molecule has 0 atom stereocenters. The second kappa shape index (κ2) is 3.98. The van der Waals surface area contributed by atoms with E-state index in [0.29, 0.717) is 0 Å². The fourth-order valence-electron chi connectivity index (χ4n) is 1.96. The van der Waals surface area contributed by atoms with Crippen LogP contribution in [0.4, 0.5) is 0 Å². The molecule has 2 nitrogen and oxygen atoms in total. The summed E-state index contributed by atoms with van der Waals surface area (Å²) in [6.45, 7) is 0. The summed E-state index contributed by atoms with van der Waals surface area (Å²) in [6, 6.07) is 17.4. The van der Waals surface area contributed by atoms with Gasteiger partial charge in [0, 0.05) is 17.9 Å². The van der Waals surface area contributed by atoms with Crippen molar-refractivity contribution in [3.8, 4) is 5.75 Å². The number of aromatic hydroxyl groups is 1. The van der Waals surface area contributed by atoms with Gasteiger partial charge in [-0.3, -0.25) is 0 Å². The number of phenolic OH excluding ortho intramolecular Hbond substituents is 1. The van der Waals surface area contributed by atoms with Crippen LogP contribution < -0.4 is 0 Å². The highest BCUT2D eigenvalue weighted by Gasteiger charge is 2.05. The molecule has 0 unspecified atom stereocenters. The molecule has 0 aliphatic rings. The first-order chi connectivity index (χ1) is 8.31. The lowest BCUT2D eigenvalue weighted by Crippen LogP contribution is -1.83. The average Bonchev–Trinajstić information content (AvgIpc) is 2.71. The Morgan fingerprint density at radius 1 is 0.941 bits per heavy atom. The van der Waals surface area contributed by atoms with Gasteiger partial charge in [0.2, 0.25) is 0 Å². The zero-order valence-electron chi connectivity index (χ0n) is 9.26. The summed E-state index contributed by atoms with van der Waals surface area (Å²) in [5.74, 6) is 1.15. The van der Waals surface area contributed by atoms with Crippen LogP contribution in [-0.2, 0) is 6.42 Å². The molecule has 17 heavy (non-hydrogen) atoms. The molecule has 3 aromatic rings. The fourth-order valence-corrected chi connectivity index (χ4v) is 1.96. The number of hydrogen-bond acceptors (Lipinski definition) is 2. The van der Waals surface area contributed by atoms with E-state index in [4.69, 9.17) is 4.42 Å². The lowest BCUT2D eigenvalue weighted by molar-refractivity contribution is 0.473. The minimum absolute atomic E-state index is 0.234. The van der Waals surface area contributed by atoms with Crippen LogP contribution in [0, 0.1) is 0 Å². The molecule has 0 spiro atoms. The first-order valence-electron chi connectivity index (χ1n) is 5.57. The van der Waals surface area contributed by atoms with Crippen molar-refractivity contribution < 1.29 is 9.52 Å². The fraction of sp³-hybridized carbons (Fsp3) is 0.0667. The SMILES string of the molecule is Oc1ccc2cc(Cc3ccccc3)oc2c1. The molecule has 0 bridgehead atoms. The van der Waals surface area contributed by atoms with Gasteiger partial charge in [0.25, 0.3) is 0 Å². The molecule has 84 valence electrons. The first kappa shape index (κ1) is 9.97. The molecule has 0 amide bonds. The van der Waals surface area contributed by atoms with Crippen molar-refractivity contribution >= 4 is 11.0 Å². The summed E-state index contributed by atoms with van der Waals surface area (Å²) < 4.78 is 5.69. The van der Waals surface area contributed by atoms with Gasteiger partial charge in [0.05, 0.1) is 0 Å². The molecule has 0 saturated carbocycles. The number of phenols is 1. The molecule has 3 rings (SSSR count). The van der Waals surface area contributed by atoms with Crippen molar-refractivity contribution in [2.45, 2.75) is 6.42 Å². The summed E-state index contributed by atoms with van der Waals surface area (Å²) in [7, 11) is 0. The normalized spacial score (nSPS) is 10.8. The molecule has 0 aliphatic heterocycles. The van der Waals surface area contributed by atoms with Crippen molar-refractivity contribution in [3.63, 3.8) is 0 Å². The van der Waals surface area contributed by atoms with E-state index in [9.17, 15) is 5.11 Å². The summed E-state index contributed by atoms with van der Waals surface area (Å²) in [4.78, 5) is 0. The maximum Gasteiger partial charge on any atom is 0.137 e. The third kappa shape index (κ3) is 2.02. The lowest BCUT2D eigenvalue weighted by atomic mass is 10.1. The largest absolute Gasteiger partial charge is 0.508 e. The Kier molecular flexibility index (Phi) is 2.33. The molecule has 2 aromatic carbocycles. The van der Waals surface area contributed by atoms with Gasteiger partial charge in [0.1, 0.15) is 17.1 Å². The van der Waals surface area contributed by atoms with Gasteiger partial charge in [-0.15, -0.1) is 0 Å². The van der Waals surface area contributed by atoms with Crippen LogP contribution in [0.5, 0.6) is 5.75 Å². The number of hydrogen-bond donors (Lipinski definition) is 1.